The third-order valence-corrected chi connectivity index (χ3v) is 3.66. The Balaban J connectivity index is 2.25. The lowest BCUT2D eigenvalue weighted by atomic mass is 10.1. The molecule has 1 atom stereocenters. The van der Waals surface area contributed by atoms with E-state index in [2.05, 4.69) is 24.0 Å². The molecule has 1 N–H and O–H groups in total. The summed E-state index contributed by atoms with van der Waals surface area (Å²) in [6, 6.07) is 2.38. The van der Waals surface area contributed by atoms with Crippen LogP contribution in [0.15, 0.2) is 12.3 Å². The van der Waals surface area contributed by atoms with E-state index in [1.165, 1.54) is 0 Å². The molecule has 5 heteroatoms. The number of rotatable bonds is 5. The molecular weight excluding hydrogens is 252 g/mol. The lowest BCUT2D eigenvalue weighted by Gasteiger charge is -2.09. The van der Waals surface area contributed by atoms with Gasteiger partial charge in [0, 0.05) is 23.5 Å². The zero-order valence-electron chi connectivity index (χ0n) is 13.0. The summed E-state index contributed by atoms with van der Waals surface area (Å²) < 4.78 is 3.87. The van der Waals surface area contributed by atoms with Gasteiger partial charge in [-0.05, 0) is 40.2 Å². The van der Waals surface area contributed by atoms with E-state index in [9.17, 15) is 5.11 Å². The van der Waals surface area contributed by atoms with Crippen molar-refractivity contribution in [2.24, 2.45) is 0 Å². The van der Waals surface area contributed by atoms with Crippen molar-refractivity contribution in [3.63, 3.8) is 0 Å². The Labute approximate surface area is 120 Å². The minimum Gasteiger partial charge on any atom is -0.388 e. The Morgan fingerprint density at radius 3 is 2.50 bits per heavy atom. The molecule has 0 radical (unpaired) electrons. The molecule has 1 unspecified atom stereocenters. The van der Waals surface area contributed by atoms with Gasteiger partial charge in [-0.2, -0.15) is 10.2 Å². The van der Waals surface area contributed by atoms with Crippen LogP contribution in [-0.4, -0.2) is 24.7 Å². The van der Waals surface area contributed by atoms with E-state index in [0.29, 0.717) is 19.0 Å². The fourth-order valence-electron chi connectivity index (χ4n) is 2.45. The number of aliphatic hydroxyl groups excluding tert-OH is 1. The van der Waals surface area contributed by atoms with Crippen molar-refractivity contribution in [2.75, 3.05) is 0 Å². The summed E-state index contributed by atoms with van der Waals surface area (Å²) in [5.41, 5.74) is 3.87. The van der Waals surface area contributed by atoms with Crippen LogP contribution in [0.5, 0.6) is 0 Å². The average molecular weight is 276 g/mol. The quantitative estimate of drug-likeness (QED) is 0.913. The molecule has 2 rings (SSSR count). The third kappa shape index (κ3) is 2.77. The van der Waals surface area contributed by atoms with Gasteiger partial charge in [0.15, 0.2) is 0 Å². The molecule has 0 saturated heterocycles. The first-order chi connectivity index (χ1) is 9.43. The van der Waals surface area contributed by atoms with Crippen molar-refractivity contribution < 1.29 is 5.11 Å². The molecule has 5 nitrogen and oxygen atoms in total. The topological polar surface area (TPSA) is 55.9 Å². The van der Waals surface area contributed by atoms with Crippen LogP contribution in [0, 0.1) is 13.8 Å². The Kier molecular flexibility index (Phi) is 4.28. The first kappa shape index (κ1) is 14.8. The number of aliphatic hydroxyl groups is 1. The summed E-state index contributed by atoms with van der Waals surface area (Å²) in [7, 11) is 0. The number of nitrogens with zero attached hydrogens (tertiary/aromatic N) is 4. The van der Waals surface area contributed by atoms with Crippen molar-refractivity contribution in [1.29, 1.82) is 0 Å². The molecule has 0 aliphatic rings. The normalized spacial score (nSPS) is 13.2. The van der Waals surface area contributed by atoms with E-state index < -0.39 is 6.10 Å². The maximum absolute atomic E-state index is 10.1. The van der Waals surface area contributed by atoms with Crippen LogP contribution in [0.4, 0.5) is 0 Å². The minimum absolute atomic E-state index is 0.363. The number of hydrogen-bond acceptors (Lipinski definition) is 3. The van der Waals surface area contributed by atoms with E-state index in [-0.39, 0.29) is 0 Å². The van der Waals surface area contributed by atoms with Crippen molar-refractivity contribution in [3.8, 4) is 0 Å². The smallest absolute Gasteiger partial charge is 0.0853 e. The average Bonchev–Trinajstić information content (AvgIpc) is 2.96. The summed E-state index contributed by atoms with van der Waals surface area (Å²) in [4.78, 5) is 0. The summed E-state index contributed by atoms with van der Waals surface area (Å²) in [6.07, 6.45) is 2.26. The predicted octanol–water partition coefficient (Wildman–Crippen LogP) is 2.77. The Bertz CT molecular complexity index is 583. The Morgan fingerprint density at radius 1 is 1.25 bits per heavy atom. The molecule has 2 heterocycles. The molecule has 0 aliphatic carbocycles. The van der Waals surface area contributed by atoms with Gasteiger partial charge in [-0.3, -0.25) is 9.36 Å². The van der Waals surface area contributed by atoms with Crippen LogP contribution in [0.3, 0.4) is 0 Å². The largest absolute Gasteiger partial charge is 0.388 e. The van der Waals surface area contributed by atoms with E-state index >= 15 is 0 Å². The standard InChI is InChI=1S/C15H24N4O/c1-6-14(20)15-11(4)16-19(12(15)5)9-13-7-8-18(17-13)10(2)3/h7-8,10,14,20H,6,9H2,1-5H3. The first-order valence-corrected chi connectivity index (χ1v) is 7.20. The van der Waals surface area contributed by atoms with Gasteiger partial charge in [-0.25, -0.2) is 0 Å². The maximum atomic E-state index is 10.1. The van der Waals surface area contributed by atoms with Crippen LogP contribution in [0.1, 0.15) is 62.0 Å². The molecule has 0 saturated carbocycles. The molecule has 0 aliphatic heterocycles. The van der Waals surface area contributed by atoms with E-state index in [1.807, 2.05) is 42.4 Å². The zero-order chi connectivity index (χ0) is 14.9. The molecule has 0 aromatic carbocycles. The van der Waals surface area contributed by atoms with Crippen LogP contribution < -0.4 is 0 Å². The van der Waals surface area contributed by atoms with E-state index in [4.69, 9.17) is 0 Å². The van der Waals surface area contributed by atoms with Gasteiger partial charge in [0.25, 0.3) is 0 Å². The van der Waals surface area contributed by atoms with Crippen molar-refractivity contribution in [1.82, 2.24) is 19.6 Å². The molecule has 2 aromatic heterocycles. The van der Waals surface area contributed by atoms with Gasteiger partial charge in [-0.15, -0.1) is 0 Å². The Hall–Kier alpha value is -1.62. The van der Waals surface area contributed by atoms with Crippen molar-refractivity contribution >= 4 is 0 Å². The second kappa shape index (κ2) is 5.79. The number of aromatic nitrogens is 4. The monoisotopic (exact) mass is 276 g/mol. The highest BCUT2D eigenvalue weighted by molar-refractivity contribution is 5.27. The summed E-state index contributed by atoms with van der Waals surface area (Å²) in [5, 5.41) is 19.2. The highest BCUT2D eigenvalue weighted by Crippen LogP contribution is 2.24. The molecule has 0 fully saturated rings. The molecule has 20 heavy (non-hydrogen) atoms. The lowest BCUT2D eigenvalue weighted by Crippen LogP contribution is -2.07. The van der Waals surface area contributed by atoms with E-state index in [0.717, 1.165) is 22.6 Å². The highest BCUT2D eigenvalue weighted by Gasteiger charge is 2.18. The molecule has 2 aromatic rings. The lowest BCUT2D eigenvalue weighted by molar-refractivity contribution is 0.172. The predicted molar refractivity (Wildman–Crippen MR) is 78.7 cm³/mol. The highest BCUT2D eigenvalue weighted by atomic mass is 16.3. The second-order valence-corrected chi connectivity index (χ2v) is 5.55. The molecule has 0 spiro atoms. The summed E-state index contributed by atoms with van der Waals surface area (Å²) in [6.45, 7) is 10.8. The summed E-state index contributed by atoms with van der Waals surface area (Å²) >= 11 is 0. The zero-order valence-corrected chi connectivity index (χ0v) is 13.0. The van der Waals surface area contributed by atoms with Gasteiger partial charge in [0.1, 0.15) is 0 Å². The van der Waals surface area contributed by atoms with Crippen LogP contribution >= 0.6 is 0 Å². The second-order valence-electron chi connectivity index (χ2n) is 5.55. The van der Waals surface area contributed by atoms with Crippen LogP contribution in [-0.2, 0) is 6.54 Å². The number of hydrogen-bond donors (Lipinski definition) is 1. The van der Waals surface area contributed by atoms with Crippen LogP contribution in [0.2, 0.25) is 0 Å². The fourth-order valence-corrected chi connectivity index (χ4v) is 2.45. The fraction of sp³-hybridized carbons (Fsp3) is 0.600. The SMILES string of the molecule is CCC(O)c1c(C)nn(Cc2ccn(C(C)C)n2)c1C. The van der Waals surface area contributed by atoms with Gasteiger partial charge in [-0.1, -0.05) is 6.92 Å². The van der Waals surface area contributed by atoms with Gasteiger partial charge >= 0.3 is 0 Å². The van der Waals surface area contributed by atoms with Gasteiger partial charge < -0.3 is 5.11 Å². The van der Waals surface area contributed by atoms with Crippen LogP contribution in [0.25, 0.3) is 0 Å². The molecular formula is C15H24N4O. The van der Waals surface area contributed by atoms with Gasteiger partial charge in [0.05, 0.1) is 24.0 Å². The number of aryl methyl sites for hydroxylation is 1. The summed E-state index contributed by atoms with van der Waals surface area (Å²) in [5.74, 6) is 0. The van der Waals surface area contributed by atoms with Gasteiger partial charge in [0.2, 0.25) is 0 Å². The maximum Gasteiger partial charge on any atom is 0.0853 e. The molecule has 0 bridgehead atoms. The van der Waals surface area contributed by atoms with Crippen molar-refractivity contribution in [3.05, 3.63) is 34.9 Å². The van der Waals surface area contributed by atoms with Crippen molar-refractivity contribution in [2.45, 2.75) is 59.7 Å². The molecule has 110 valence electrons. The Morgan fingerprint density at radius 2 is 1.95 bits per heavy atom. The first-order valence-electron chi connectivity index (χ1n) is 7.20. The minimum atomic E-state index is -0.433. The third-order valence-electron chi connectivity index (χ3n) is 3.66. The molecule has 0 amide bonds. The van der Waals surface area contributed by atoms with E-state index in [1.54, 1.807) is 0 Å².